The Morgan fingerprint density at radius 1 is 1.33 bits per heavy atom. The molecule has 98 valence electrons. The first-order chi connectivity index (χ1) is 8.67. The van der Waals surface area contributed by atoms with E-state index in [-0.39, 0.29) is 11.5 Å². The molecule has 1 aliphatic carbocycles. The van der Waals surface area contributed by atoms with Gasteiger partial charge in [-0.05, 0) is 32.6 Å². The van der Waals surface area contributed by atoms with Crippen molar-refractivity contribution < 1.29 is 14.1 Å². The van der Waals surface area contributed by atoms with Crippen LogP contribution >= 0.6 is 0 Å². The lowest BCUT2D eigenvalue weighted by molar-refractivity contribution is -0.120. The highest BCUT2D eigenvalue weighted by atomic mass is 16.5. The fourth-order valence-corrected chi connectivity index (χ4v) is 2.76. The molecule has 1 saturated heterocycles. The molecule has 0 N–H and O–H groups in total. The molecule has 3 rings (SSSR count). The third-order valence-corrected chi connectivity index (χ3v) is 4.03. The second-order valence-electron chi connectivity index (χ2n) is 5.45. The van der Waals surface area contributed by atoms with Crippen LogP contribution in [0, 0.1) is 0 Å². The number of ketones is 1. The van der Waals surface area contributed by atoms with E-state index >= 15 is 0 Å². The molecule has 1 atom stereocenters. The summed E-state index contributed by atoms with van der Waals surface area (Å²) in [6.07, 6.45) is 4.91. The van der Waals surface area contributed by atoms with Crippen molar-refractivity contribution in [3.05, 3.63) is 11.7 Å². The van der Waals surface area contributed by atoms with Gasteiger partial charge in [-0.15, -0.1) is 0 Å². The van der Waals surface area contributed by atoms with E-state index in [4.69, 9.17) is 9.26 Å². The van der Waals surface area contributed by atoms with E-state index in [1.54, 1.807) is 0 Å². The molecule has 1 saturated carbocycles. The number of ether oxygens (including phenoxy) is 1. The number of hydrogen-bond acceptors (Lipinski definition) is 5. The summed E-state index contributed by atoms with van der Waals surface area (Å²) in [5.74, 6) is 1.92. The third-order valence-electron chi connectivity index (χ3n) is 4.03. The molecule has 1 aromatic heterocycles. The minimum absolute atomic E-state index is 0.244. The van der Waals surface area contributed by atoms with Crippen molar-refractivity contribution in [1.82, 2.24) is 10.1 Å². The van der Waals surface area contributed by atoms with Crippen LogP contribution < -0.4 is 0 Å². The van der Waals surface area contributed by atoms with E-state index in [9.17, 15) is 4.79 Å². The van der Waals surface area contributed by atoms with Gasteiger partial charge in [0.1, 0.15) is 11.4 Å². The first-order valence-electron chi connectivity index (χ1n) is 6.67. The van der Waals surface area contributed by atoms with Gasteiger partial charge in [0.25, 0.3) is 0 Å². The lowest BCUT2D eigenvalue weighted by Gasteiger charge is -2.18. The molecule has 0 bridgehead atoms. The van der Waals surface area contributed by atoms with E-state index in [2.05, 4.69) is 10.1 Å². The maximum absolute atomic E-state index is 11.2. The number of Topliss-reactive ketones (excluding diaryl/α,β-unsaturated/α-hetero) is 1. The standard InChI is InChI=1S/C13H18N2O3/c1-13(7-2-8-17-13)12-14-11(18-15-12)9-3-5-10(16)6-4-9/h9H,2-8H2,1H3. The summed E-state index contributed by atoms with van der Waals surface area (Å²) in [5, 5.41) is 4.07. The van der Waals surface area contributed by atoms with E-state index < -0.39 is 0 Å². The Balaban J connectivity index is 1.75. The minimum Gasteiger partial charge on any atom is -0.367 e. The molecule has 2 heterocycles. The van der Waals surface area contributed by atoms with Gasteiger partial charge < -0.3 is 9.26 Å². The molecular weight excluding hydrogens is 232 g/mol. The number of aromatic nitrogens is 2. The number of carbonyl (C=O) groups excluding carboxylic acids is 1. The first-order valence-corrected chi connectivity index (χ1v) is 6.67. The summed E-state index contributed by atoms with van der Waals surface area (Å²) in [7, 11) is 0. The Kier molecular flexibility index (Phi) is 2.93. The highest BCUT2D eigenvalue weighted by Gasteiger charge is 2.37. The predicted octanol–water partition coefficient (Wildman–Crippen LogP) is 2.32. The summed E-state index contributed by atoms with van der Waals surface area (Å²) in [4.78, 5) is 15.7. The summed E-state index contributed by atoms with van der Waals surface area (Å²) >= 11 is 0. The van der Waals surface area contributed by atoms with Crippen molar-refractivity contribution in [3.63, 3.8) is 0 Å². The molecule has 1 aromatic rings. The van der Waals surface area contributed by atoms with Gasteiger partial charge in [0.15, 0.2) is 0 Å². The Morgan fingerprint density at radius 2 is 2.11 bits per heavy atom. The molecule has 0 spiro atoms. The maximum atomic E-state index is 11.2. The van der Waals surface area contributed by atoms with Gasteiger partial charge in [-0.3, -0.25) is 4.79 Å². The van der Waals surface area contributed by atoms with Crippen molar-refractivity contribution in [1.29, 1.82) is 0 Å². The highest BCUT2D eigenvalue weighted by molar-refractivity contribution is 5.79. The van der Waals surface area contributed by atoms with E-state index in [0.717, 1.165) is 32.3 Å². The lowest BCUT2D eigenvalue weighted by atomic mass is 9.88. The van der Waals surface area contributed by atoms with Crippen LogP contribution in [0.3, 0.4) is 0 Å². The second-order valence-corrected chi connectivity index (χ2v) is 5.45. The molecule has 0 aromatic carbocycles. The van der Waals surface area contributed by atoms with Crippen LogP contribution in [0.5, 0.6) is 0 Å². The van der Waals surface area contributed by atoms with Gasteiger partial charge in [-0.1, -0.05) is 5.16 Å². The summed E-state index contributed by atoms with van der Waals surface area (Å²) in [6.45, 7) is 2.78. The van der Waals surface area contributed by atoms with Crippen LogP contribution in [0.25, 0.3) is 0 Å². The zero-order chi connectivity index (χ0) is 12.6. The Labute approximate surface area is 106 Å². The molecule has 0 amide bonds. The van der Waals surface area contributed by atoms with Gasteiger partial charge in [-0.2, -0.15) is 4.98 Å². The van der Waals surface area contributed by atoms with Crippen LogP contribution in [-0.4, -0.2) is 22.5 Å². The van der Waals surface area contributed by atoms with Gasteiger partial charge in [-0.25, -0.2) is 0 Å². The smallest absolute Gasteiger partial charge is 0.229 e. The molecule has 2 fully saturated rings. The quantitative estimate of drug-likeness (QED) is 0.806. The van der Waals surface area contributed by atoms with Crippen molar-refractivity contribution in [2.45, 2.75) is 57.0 Å². The molecule has 18 heavy (non-hydrogen) atoms. The maximum Gasteiger partial charge on any atom is 0.229 e. The van der Waals surface area contributed by atoms with Gasteiger partial charge in [0.2, 0.25) is 11.7 Å². The molecule has 0 radical (unpaired) electrons. The minimum atomic E-state index is -0.383. The summed E-state index contributed by atoms with van der Waals surface area (Å²) in [6, 6.07) is 0. The monoisotopic (exact) mass is 250 g/mol. The zero-order valence-corrected chi connectivity index (χ0v) is 10.6. The van der Waals surface area contributed by atoms with Crippen LogP contribution in [-0.2, 0) is 15.1 Å². The fraction of sp³-hybridized carbons (Fsp3) is 0.769. The number of hydrogen-bond donors (Lipinski definition) is 0. The average molecular weight is 250 g/mol. The lowest BCUT2D eigenvalue weighted by Crippen LogP contribution is -2.22. The Morgan fingerprint density at radius 3 is 2.78 bits per heavy atom. The Hall–Kier alpha value is -1.23. The molecule has 1 aliphatic heterocycles. The van der Waals surface area contributed by atoms with Crippen LogP contribution in [0.15, 0.2) is 4.52 Å². The third kappa shape index (κ3) is 2.07. The predicted molar refractivity (Wildman–Crippen MR) is 63.1 cm³/mol. The van der Waals surface area contributed by atoms with E-state index in [1.165, 1.54) is 0 Å². The van der Waals surface area contributed by atoms with Crippen LogP contribution in [0.2, 0.25) is 0 Å². The first kappa shape index (κ1) is 11.8. The normalized spacial score (nSPS) is 29.9. The molecule has 1 unspecified atom stereocenters. The number of rotatable bonds is 2. The van der Waals surface area contributed by atoms with Gasteiger partial charge >= 0.3 is 0 Å². The summed E-state index contributed by atoms with van der Waals surface area (Å²) in [5.41, 5.74) is -0.383. The fourth-order valence-electron chi connectivity index (χ4n) is 2.76. The van der Waals surface area contributed by atoms with Crippen molar-refractivity contribution >= 4 is 5.78 Å². The van der Waals surface area contributed by atoms with Crippen molar-refractivity contribution in [3.8, 4) is 0 Å². The SMILES string of the molecule is CC1(c2noc(C3CCC(=O)CC3)n2)CCCO1. The number of nitrogens with zero attached hydrogens (tertiary/aromatic N) is 2. The Bertz CT molecular complexity index is 439. The van der Waals surface area contributed by atoms with E-state index in [1.807, 2.05) is 6.92 Å². The van der Waals surface area contributed by atoms with E-state index in [0.29, 0.717) is 30.3 Å². The molecule has 5 nitrogen and oxygen atoms in total. The highest BCUT2D eigenvalue weighted by Crippen LogP contribution is 2.36. The zero-order valence-electron chi connectivity index (χ0n) is 10.6. The molecular formula is C13H18N2O3. The summed E-state index contributed by atoms with van der Waals surface area (Å²) < 4.78 is 11.1. The van der Waals surface area contributed by atoms with Crippen LogP contribution in [0.4, 0.5) is 0 Å². The van der Waals surface area contributed by atoms with Crippen molar-refractivity contribution in [2.75, 3.05) is 6.61 Å². The van der Waals surface area contributed by atoms with Gasteiger partial charge in [0, 0.05) is 25.4 Å². The number of carbonyl (C=O) groups is 1. The molecule has 2 aliphatic rings. The topological polar surface area (TPSA) is 65.2 Å². The molecule has 5 heteroatoms. The van der Waals surface area contributed by atoms with Gasteiger partial charge in [0.05, 0.1) is 0 Å². The second kappa shape index (κ2) is 4.46. The average Bonchev–Trinajstić information content (AvgIpc) is 2.99. The van der Waals surface area contributed by atoms with Crippen LogP contribution in [0.1, 0.15) is 63.1 Å². The van der Waals surface area contributed by atoms with Crippen molar-refractivity contribution in [2.24, 2.45) is 0 Å². The largest absolute Gasteiger partial charge is 0.367 e.